The summed E-state index contributed by atoms with van der Waals surface area (Å²) in [5.74, 6) is -2.99. The molecule has 37 heavy (non-hydrogen) atoms. The first-order valence-electron chi connectivity index (χ1n) is 12.1. The van der Waals surface area contributed by atoms with E-state index in [0.29, 0.717) is 12.5 Å². The van der Waals surface area contributed by atoms with Crippen LogP contribution in [0.5, 0.6) is 0 Å². The second-order valence-electron chi connectivity index (χ2n) is 8.62. The highest BCUT2D eigenvalue weighted by Crippen LogP contribution is 2.06. The topological polar surface area (TPSA) is 173 Å². The van der Waals surface area contributed by atoms with Gasteiger partial charge in [-0.05, 0) is 44.2 Å². The molecule has 12 heteroatoms. The summed E-state index contributed by atoms with van der Waals surface area (Å²) in [6.45, 7) is 6.19. The molecule has 1 heterocycles. The van der Waals surface area contributed by atoms with E-state index in [4.69, 9.17) is 9.84 Å². The van der Waals surface area contributed by atoms with Gasteiger partial charge in [-0.2, -0.15) is 0 Å². The third kappa shape index (κ3) is 13.1. The fraction of sp³-hybridized carbons (Fsp3) is 0.520. The van der Waals surface area contributed by atoms with E-state index in [2.05, 4.69) is 16.0 Å². The Bertz CT molecular complexity index is 1030. The van der Waals surface area contributed by atoms with Crippen molar-refractivity contribution in [2.24, 2.45) is 5.92 Å². The molecule has 4 N–H and O–H groups in total. The molecule has 0 saturated carbocycles. The third-order valence-electron chi connectivity index (χ3n) is 5.02. The number of aromatic nitrogens is 1. The first-order chi connectivity index (χ1) is 17.5. The van der Waals surface area contributed by atoms with Gasteiger partial charge in [-0.25, -0.2) is 4.79 Å². The number of nitrogens with one attached hydrogen (secondary N) is 3. The maximum Gasteiger partial charge on any atom is 0.330 e. The van der Waals surface area contributed by atoms with Crippen molar-refractivity contribution in [3.8, 4) is 0 Å². The molecule has 0 unspecified atom stereocenters. The molecule has 0 aliphatic rings. The van der Waals surface area contributed by atoms with Crippen LogP contribution in [-0.2, 0) is 35.3 Å². The molecule has 0 bridgehead atoms. The minimum absolute atomic E-state index is 0.0693. The van der Waals surface area contributed by atoms with Gasteiger partial charge in [0.05, 0.1) is 13.0 Å². The number of carboxylic acid groups (broad SMARTS) is 1. The van der Waals surface area contributed by atoms with E-state index < -0.39 is 41.8 Å². The van der Waals surface area contributed by atoms with Crippen molar-refractivity contribution in [3.05, 3.63) is 40.8 Å². The Morgan fingerprint density at radius 3 is 2.49 bits per heavy atom. The average Bonchev–Trinajstić information content (AvgIpc) is 2.82. The van der Waals surface area contributed by atoms with Crippen LogP contribution < -0.4 is 21.5 Å². The highest BCUT2D eigenvalue weighted by atomic mass is 16.5. The second-order valence-corrected chi connectivity index (χ2v) is 8.62. The first kappa shape index (κ1) is 31.1. The lowest BCUT2D eigenvalue weighted by Gasteiger charge is -2.18. The van der Waals surface area contributed by atoms with Crippen molar-refractivity contribution < 1.29 is 33.8 Å². The number of carbonyl (C=O) groups excluding carboxylic acids is 4. The monoisotopic (exact) mass is 520 g/mol. The van der Waals surface area contributed by atoms with Crippen LogP contribution in [-0.4, -0.2) is 58.5 Å². The van der Waals surface area contributed by atoms with Crippen LogP contribution in [0.3, 0.4) is 0 Å². The third-order valence-corrected chi connectivity index (χ3v) is 5.02. The Kier molecular flexibility index (Phi) is 14.0. The van der Waals surface area contributed by atoms with Gasteiger partial charge in [0.2, 0.25) is 17.7 Å². The Morgan fingerprint density at radius 1 is 1.11 bits per heavy atom. The highest BCUT2D eigenvalue weighted by molar-refractivity contribution is 5.97. The molecule has 0 aliphatic carbocycles. The van der Waals surface area contributed by atoms with E-state index in [9.17, 15) is 28.8 Å². The maximum atomic E-state index is 12.9. The summed E-state index contributed by atoms with van der Waals surface area (Å²) >= 11 is 0. The van der Waals surface area contributed by atoms with Gasteiger partial charge < -0.3 is 30.4 Å². The fourth-order valence-corrected chi connectivity index (χ4v) is 3.08. The van der Waals surface area contributed by atoms with Gasteiger partial charge in [0, 0.05) is 25.2 Å². The van der Waals surface area contributed by atoms with E-state index in [-0.39, 0.29) is 44.0 Å². The minimum atomic E-state index is -1.16. The van der Waals surface area contributed by atoms with Gasteiger partial charge in [0.15, 0.2) is 0 Å². The number of esters is 1. The average molecular weight is 521 g/mol. The number of nitrogens with zero attached hydrogens (tertiary/aromatic N) is 1. The minimum Gasteiger partial charge on any atom is -0.481 e. The summed E-state index contributed by atoms with van der Waals surface area (Å²) in [6.07, 6.45) is 4.44. The van der Waals surface area contributed by atoms with E-state index in [1.807, 2.05) is 13.8 Å². The molecule has 3 amide bonds. The molecule has 1 atom stereocenters. The zero-order valence-corrected chi connectivity index (χ0v) is 21.5. The van der Waals surface area contributed by atoms with Gasteiger partial charge in [-0.15, -0.1) is 0 Å². The largest absolute Gasteiger partial charge is 0.481 e. The van der Waals surface area contributed by atoms with E-state index in [1.54, 1.807) is 6.92 Å². The summed E-state index contributed by atoms with van der Waals surface area (Å²) in [4.78, 5) is 72.2. The lowest BCUT2D eigenvalue weighted by atomic mass is 10.1. The Hall–Kier alpha value is -3.96. The van der Waals surface area contributed by atoms with Crippen molar-refractivity contribution in [2.45, 2.75) is 65.5 Å². The number of carboxylic acids is 1. The number of allylic oxidation sites excluding steroid dienone is 1. The quantitative estimate of drug-likeness (QED) is 0.186. The predicted octanol–water partition coefficient (Wildman–Crippen LogP) is 1.20. The lowest BCUT2D eigenvalue weighted by Crippen LogP contribution is -2.44. The van der Waals surface area contributed by atoms with Crippen LogP contribution in [0.25, 0.3) is 0 Å². The molecule has 0 fully saturated rings. The molecule has 12 nitrogen and oxygen atoms in total. The summed E-state index contributed by atoms with van der Waals surface area (Å²) in [5.41, 5.74) is -0.692. The zero-order chi connectivity index (χ0) is 27.8. The van der Waals surface area contributed by atoms with Crippen LogP contribution in [0, 0.1) is 5.92 Å². The Balaban J connectivity index is 2.90. The first-order valence-corrected chi connectivity index (χ1v) is 12.1. The highest BCUT2D eigenvalue weighted by Gasteiger charge is 2.22. The second kappa shape index (κ2) is 16.7. The van der Waals surface area contributed by atoms with Gasteiger partial charge >= 0.3 is 11.9 Å². The number of aliphatic carboxylic acids is 1. The van der Waals surface area contributed by atoms with Crippen molar-refractivity contribution in [2.75, 3.05) is 18.5 Å². The van der Waals surface area contributed by atoms with E-state index in [1.165, 1.54) is 30.5 Å². The number of hydrogen-bond acceptors (Lipinski definition) is 7. The van der Waals surface area contributed by atoms with Gasteiger partial charge in [-0.1, -0.05) is 19.9 Å². The number of pyridine rings is 1. The number of rotatable bonds is 16. The number of hydrogen-bond donors (Lipinski definition) is 4. The van der Waals surface area contributed by atoms with Crippen LogP contribution >= 0.6 is 0 Å². The molecule has 0 saturated heterocycles. The molecule has 1 rings (SSSR count). The molecule has 204 valence electrons. The summed E-state index contributed by atoms with van der Waals surface area (Å²) < 4.78 is 5.94. The number of carbonyl (C=O) groups is 5. The van der Waals surface area contributed by atoms with E-state index in [0.717, 1.165) is 11.0 Å². The summed E-state index contributed by atoms with van der Waals surface area (Å²) in [5, 5.41) is 16.5. The number of ether oxygens (including phenoxy) is 1. The van der Waals surface area contributed by atoms with Crippen LogP contribution in [0.15, 0.2) is 35.3 Å². The Morgan fingerprint density at radius 2 is 1.84 bits per heavy atom. The molecular formula is C25H36N4O8. The standard InChI is InChI=1S/C25H36N4O8/c1-4-37-23(34)10-6-5-8-18(27-20(30)11-12-22(32)33)24(35)28-19-9-7-15-29(25(19)36)16-21(31)26-14-13-17(2)3/h6-7,9-10,15,17-18H,4-5,8,11-14,16H2,1-3H3,(H,26,31)(H,27,30)(H,28,35)(H,32,33)/b10-6+/t18-/m0/s1. The van der Waals surface area contributed by atoms with Crippen LogP contribution in [0.1, 0.15) is 52.9 Å². The van der Waals surface area contributed by atoms with Crippen molar-refractivity contribution in [1.29, 1.82) is 0 Å². The molecule has 0 aromatic carbocycles. The van der Waals surface area contributed by atoms with Crippen molar-refractivity contribution in [3.63, 3.8) is 0 Å². The predicted molar refractivity (Wildman–Crippen MR) is 136 cm³/mol. The maximum absolute atomic E-state index is 12.9. The zero-order valence-electron chi connectivity index (χ0n) is 21.5. The molecule has 0 aliphatic heterocycles. The Labute approximate surface area is 215 Å². The van der Waals surface area contributed by atoms with E-state index >= 15 is 0 Å². The van der Waals surface area contributed by atoms with Gasteiger partial charge in [0.1, 0.15) is 18.3 Å². The molecule has 1 aromatic heterocycles. The smallest absolute Gasteiger partial charge is 0.330 e. The SMILES string of the molecule is CCOC(=O)/C=C/CC[C@H](NC(=O)CCC(=O)O)C(=O)Nc1cccn(CC(=O)NCCC(C)C)c1=O. The normalized spacial score (nSPS) is 11.7. The van der Waals surface area contributed by atoms with Gasteiger partial charge in [-0.3, -0.25) is 24.0 Å². The van der Waals surface area contributed by atoms with Crippen molar-refractivity contribution in [1.82, 2.24) is 15.2 Å². The van der Waals surface area contributed by atoms with Gasteiger partial charge in [0.25, 0.3) is 5.56 Å². The number of amides is 3. The van der Waals surface area contributed by atoms with Crippen molar-refractivity contribution >= 4 is 35.3 Å². The molecule has 0 radical (unpaired) electrons. The summed E-state index contributed by atoms with van der Waals surface area (Å²) in [7, 11) is 0. The molecule has 1 aromatic rings. The molecule has 0 spiro atoms. The lowest BCUT2D eigenvalue weighted by molar-refractivity contribution is -0.139. The number of anilines is 1. The summed E-state index contributed by atoms with van der Waals surface area (Å²) in [6, 6.07) is 1.76. The van der Waals surface area contributed by atoms with Crippen LogP contribution in [0.2, 0.25) is 0 Å². The fourth-order valence-electron chi connectivity index (χ4n) is 3.08. The van der Waals surface area contributed by atoms with Crippen LogP contribution in [0.4, 0.5) is 5.69 Å². The molecular weight excluding hydrogens is 484 g/mol.